The summed E-state index contributed by atoms with van der Waals surface area (Å²) in [5, 5.41) is 24.9. The van der Waals surface area contributed by atoms with Gasteiger partial charge in [0.25, 0.3) is 5.88 Å². The lowest BCUT2D eigenvalue weighted by atomic mass is 10.1. The maximum absolute atomic E-state index is 12.7. The van der Waals surface area contributed by atoms with Gasteiger partial charge in [-0.25, -0.2) is 0 Å². The van der Waals surface area contributed by atoms with E-state index in [1.165, 1.54) is 18.2 Å². The van der Waals surface area contributed by atoms with Crippen LogP contribution in [-0.4, -0.2) is 41.6 Å². The SMILES string of the molecule is N#Cc1ccc(OC2=C3NC(=O)C(CCC(N)=O)N=C3NC(Oc3ccccc3NC(=N)N)=N2)cc1C(N)=O. The number of rotatable bonds is 8. The van der Waals surface area contributed by atoms with Crippen molar-refractivity contribution < 1.29 is 23.9 Å². The lowest BCUT2D eigenvalue weighted by Gasteiger charge is -2.28. The van der Waals surface area contributed by atoms with Crippen molar-refractivity contribution in [1.82, 2.24) is 10.6 Å². The molecule has 15 heteroatoms. The first-order valence-electron chi connectivity index (χ1n) is 11.3. The van der Waals surface area contributed by atoms with Crippen LogP contribution in [0.5, 0.6) is 11.5 Å². The Bertz CT molecular complexity index is 1520. The van der Waals surface area contributed by atoms with Crippen LogP contribution in [0, 0.1) is 16.7 Å². The summed E-state index contributed by atoms with van der Waals surface area (Å²) in [5.74, 6) is -2.00. The van der Waals surface area contributed by atoms with E-state index in [1.54, 1.807) is 24.3 Å². The second-order valence-electron chi connectivity index (χ2n) is 8.13. The lowest BCUT2D eigenvalue weighted by Crippen LogP contribution is -2.51. The minimum Gasteiger partial charge on any atom is -0.437 e. The van der Waals surface area contributed by atoms with Crippen molar-refractivity contribution in [2.24, 2.45) is 27.2 Å². The number of nitrogens with one attached hydrogen (secondary N) is 4. The van der Waals surface area contributed by atoms with E-state index < -0.39 is 23.8 Å². The predicted molar refractivity (Wildman–Crippen MR) is 138 cm³/mol. The number of primary amides is 2. The van der Waals surface area contributed by atoms with Crippen LogP contribution in [0.25, 0.3) is 0 Å². The van der Waals surface area contributed by atoms with E-state index in [9.17, 15) is 19.6 Å². The van der Waals surface area contributed by atoms with Gasteiger partial charge in [-0.3, -0.25) is 30.1 Å². The number of aliphatic imine (C=N–C) groups is 2. The summed E-state index contributed by atoms with van der Waals surface area (Å²) in [6.45, 7) is 0. The predicted octanol–water partition coefficient (Wildman–Crippen LogP) is -0.289. The first-order valence-corrected chi connectivity index (χ1v) is 11.3. The van der Waals surface area contributed by atoms with E-state index in [1.807, 2.05) is 6.07 Å². The highest BCUT2D eigenvalue weighted by molar-refractivity contribution is 6.14. The van der Waals surface area contributed by atoms with Crippen molar-refractivity contribution in [3.05, 3.63) is 65.2 Å². The van der Waals surface area contributed by atoms with Crippen LogP contribution >= 0.6 is 0 Å². The summed E-state index contributed by atoms with van der Waals surface area (Å²) in [6.07, 6.45) is -0.00788. The van der Waals surface area contributed by atoms with E-state index in [4.69, 9.17) is 32.1 Å². The van der Waals surface area contributed by atoms with Crippen molar-refractivity contribution in [3.8, 4) is 17.6 Å². The molecule has 10 N–H and O–H groups in total. The van der Waals surface area contributed by atoms with Crippen molar-refractivity contribution in [2.45, 2.75) is 18.9 Å². The number of anilines is 1. The highest BCUT2D eigenvalue weighted by Crippen LogP contribution is 2.27. The molecule has 0 radical (unpaired) electrons. The molecule has 1 atom stereocenters. The number of ether oxygens (including phenoxy) is 2. The number of amidine groups is 2. The van der Waals surface area contributed by atoms with Crippen LogP contribution in [-0.2, 0) is 9.59 Å². The van der Waals surface area contributed by atoms with Crippen molar-refractivity contribution in [2.75, 3.05) is 5.32 Å². The third-order valence-corrected chi connectivity index (χ3v) is 5.33. The molecule has 2 aromatic carbocycles. The summed E-state index contributed by atoms with van der Waals surface area (Å²) in [4.78, 5) is 44.4. The Kier molecular flexibility index (Phi) is 7.38. The molecule has 2 aromatic rings. The van der Waals surface area contributed by atoms with Gasteiger partial charge >= 0.3 is 6.02 Å². The zero-order valence-corrected chi connectivity index (χ0v) is 20.1. The van der Waals surface area contributed by atoms with Gasteiger partial charge in [-0.1, -0.05) is 12.1 Å². The number of hydrogen-bond donors (Lipinski definition) is 7. The average Bonchev–Trinajstić information content (AvgIpc) is 2.88. The van der Waals surface area contributed by atoms with Gasteiger partial charge in [0, 0.05) is 6.42 Å². The molecule has 0 aromatic heterocycles. The molecule has 39 heavy (non-hydrogen) atoms. The van der Waals surface area contributed by atoms with Gasteiger partial charge < -0.3 is 37.3 Å². The normalized spacial score (nSPS) is 15.9. The van der Waals surface area contributed by atoms with Gasteiger partial charge in [-0.05, 0) is 36.8 Å². The van der Waals surface area contributed by atoms with Gasteiger partial charge in [-0.15, -0.1) is 0 Å². The largest absolute Gasteiger partial charge is 0.437 e. The second kappa shape index (κ2) is 11.0. The summed E-state index contributed by atoms with van der Waals surface area (Å²) in [6, 6.07) is 11.4. The maximum atomic E-state index is 12.7. The number of carbonyl (C=O) groups is 3. The highest BCUT2D eigenvalue weighted by Gasteiger charge is 2.34. The van der Waals surface area contributed by atoms with Crippen molar-refractivity contribution >= 4 is 41.2 Å². The van der Waals surface area contributed by atoms with Crippen LogP contribution in [0.1, 0.15) is 28.8 Å². The average molecular weight is 531 g/mol. The minimum atomic E-state index is -0.938. The molecule has 0 bridgehead atoms. The molecule has 15 nitrogen and oxygen atoms in total. The molecule has 4 rings (SSSR count). The number of nitriles is 1. The van der Waals surface area contributed by atoms with Crippen LogP contribution in [0.15, 0.2) is 64.0 Å². The molecular weight excluding hydrogens is 508 g/mol. The van der Waals surface area contributed by atoms with Gasteiger partial charge in [0.2, 0.25) is 17.7 Å². The first kappa shape index (κ1) is 26.2. The zero-order chi connectivity index (χ0) is 28.1. The Morgan fingerprint density at radius 2 is 1.90 bits per heavy atom. The number of nitrogens with two attached hydrogens (primary N) is 3. The van der Waals surface area contributed by atoms with Gasteiger partial charge in [0.15, 0.2) is 17.5 Å². The molecule has 0 fully saturated rings. The monoisotopic (exact) mass is 530 g/mol. The first-order chi connectivity index (χ1) is 18.6. The molecule has 3 amide bonds. The molecule has 0 spiro atoms. The fourth-order valence-electron chi connectivity index (χ4n) is 3.58. The number of amides is 3. The van der Waals surface area contributed by atoms with E-state index in [-0.39, 0.29) is 64.9 Å². The molecule has 2 aliphatic heterocycles. The van der Waals surface area contributed by atoms with Crippen LogP contribution < -0.4 is 42.6 Å². The quantitative estimate of drug-likeness (QED) is 0.174. The Morgan fingerprint density at radius 3 is 2.59 bits per heavy atom. The van der Waals surface area contributed by atoms with Crippen molar-refractivity contribution in [1.29, 1.82) is 10.7 Å². The fourth-order valence-corrected chi connectivity index (χ4v) is 3.58. The minimum absolute atomic E-state index is 0.0467. The number of benzene rings is 2. The molecule has 0 saturated heterocycles. The molecule has 0 aliphatic carbocycles. The molecular formula is C24H22N10O5. The van der Waals surface area contributed by atoms with Crippen LogP contribution in [0.4, 0.5) is 5.69 Å². The topological polar surface area (TPSA) is 256 Å². The van der Waals surface area contributed by atoms with E-state index in [2.05, 4.69) is 25.9 Å². The van der Waals surface area contributed by atoms with Gasteiger partial charge in [-0.2, -0.15) is 10.3 Å². The zero-order valence-electron chi connectivity index (χ0n) is 20.1. The Hall–Kier alpha value is -5.91. The Labute approximate surface area is 220 Å². The van der Waals surface area contributed by atoms with Gasteiger partial charge in [0.1, 0.15) is 17.5 Å². The molecule has 1 unspecified atom stereocenters. The summed E-state index contributed by atoms with van der Waals surface area (Å²) < 4.78 is 11.8. The number of carbonyl (C=O) groups excluding carboxylic acids is 3. The molecule has 0 saturated carbocycles. The lowest BCUT2D eigenvalue weighted by molar-refractivity contribution is -0.122. The van der Waals surface area contributed by atoms with Crippen LogP contribution in [0.3, 0.4) is 0 Å². The standard InChI is InChI=1S/C24H22N10O5/c25-10-11-5-6-12(9-13(11)19(27)36)38-22-18-20(30-15(21(37)32-18)7-8-17(26)35)33-24(34-22)39-16-4-2-1-3-14(16)31-23(28)29/h1-6,9,15H,7-8H2,(H2,26,35)(H2,27,36)(H,32,37)(H4,28,29,31)(H,30,33,34). The number of guanidine groups is 1. The Balaban J connectivity index is 1.74. The van der Waals surface area contributed by atoms with E-state index >= 15 is 0 Å². The second-order valence-corrected chi connectivity index (χ2v) is 8.13. The molecule has 2 aliphatic rings. The highest BCUT2D eigenvalue weighted by atomic mass is 16.5. The summed E-state index contributed by atoms with van der Waals surface area (Å²) >= 11 is 0. The Morgan fingerprint density at radius 1 is 1.13 bits per heavy atom. The number of hydrogen-bond acceptors (Lipinski definition) is 10. The maximum Gasteiger partial charge on any atom is 0.304 e. The third kappa shape index (κ3) is 6.09. The van der Waals surface area contributed by atoms with Crippen LogP contribution in [0.2, 0.25) is 0 Å². The molecule has 198 valence electrons. The van der Waals surface area contributed by atoms with Crippen molar-refractivity contribution in [3.63, 3.8) is 0 Å². The fraction of sp³-hybridized carbons (Fsp3) is 0.125. The number of fused-ring (bicyclic) bond motifs is 1. The number of para-hydroxylation sites is 2. The van der Waals surface area contributed by atoms with E-state index in [0.29, 0.717) is 5.69 Å². The van der Waals surface area contributed by atoms with Gasteiger partial charge in [0.05, 0.1) is 22.9 Å². The van der Waals surface area contributed by atoms with E-state index in [0.717, 1.165) is 0 Å². The summed E-state index contributed by atoms with van der Waals surface area (Å²) in [5.41, 5.74) is 16.4. The summed E-state index contributed by atoms with van der Waals surface area (Å²) in [7, 11) is 0. The number of nitrogens with zero attached hydrogens (tertiary/aromatic N) is 3. The smallest absolute Gasteiger partial charge is 0.304 e. The molecule has 2 heterocycles. The third-order valence-electron chi connectivity index (χ3n) is 5.33.